The highest BCUT2D eigenvalue weighted by atomic mass is 15.1. The maximum atomic E-state index is 4.25. The Balaban J connectivity index is 2.29. The van der Waals surface area contributed by atoms with Gasteiger partial charge in [-0.1, -0.05) is 0 Å². The molecule has 1 aliphatic rings. The number of imidazole rings is 1. The van der Waals surface area contributed by atoms with Gasteiger partial charge in [0.05, 0.1) is 0 Å². The molecular formula is C8H13N3. The van der Waals surface area contributed by atoms with E-state index in [1.165, 1.54) is 5.69 Å². The predicted molar refractivity (Wildman–Crippen MR) is 43.6 cm³/mol. The van der Waals surface area contributed by atoms with E-state index in [2.05, 4.69) is 21.9 Å². The van der Waals surface area contributed by atoms with Gasteiger partial charge in [0, 0.05) is 37.9 Å². The zero-order valence-corrected chi connectivity index (χ0v) is 6.96. The number of rotatable bonds is 1. The minimum atomic E-state index is 0.696. The van der Waals surface area contributed by atoms with Crippen LogP contribution < -0.4 is 5.32 Å². The van der Waals surface area contributed by atoms with Crippen molar-refractivity contribution < 1.29 is 0 Å². The summed E-state index contributed by atoms with van der Waals surface area (Å²) in [5.41, 5.74) is 1.36. The number of hydrogen-bond acceptors (Lipinski definition) is 2. The standard InChI is InChI=1S/C8H13N3/c1-6-10-5-8(11(6)2)7-3-9-4-7/h5,7,9H,3-4H2,1-2H3. The molecule has 60 valence electrons. The highest BCUT2D eigenvalue weighted by Crippen LogP contribution is 2.19. The monoisotopic (exact) mass is 151 g/mol. The maximum absolute atomic E-state index is 4.25. The maximum Gasteiger partial charge on any atom is 0.105 e. The van der Waals surface area contributed by atoms with Gasteiger partial charge in [-0.3, -0.25) is 0 Å². The summed E-state index contributed by atoms with van der Waals surface area (Å²) in [4.78, 5) is 4.25. The number of nitrogens with one attached hydrogen (secondary N) is 1. The Kier molecular flexibility index (Phi) is 1.46. The molecule has 1 N–H and O–H groups in total. The second kappa shape index (κ2) is 2.34. The van der Waals surface area contributed by atoms with Gasteiger partial charge in [0.2, 0.25) is 0 Å². The summed E-state index contributed by atoms with van der Waals surface area (Å²) in [5, 5.41) is 3.26. The normalized spacial score (nSPS) is 18.4. The second-order valence-electron chi connectivity index (χ2n) is 3.14. The number of nitrogens with zero attached hydrogens (tertiary/aromatic N) is 2. The van der Waals surface area contributed by atoms with E-state index in [1.807, 2.05) is 13.1 Å². The van der Waals surface area contributed by atoms with Crippen LogP contribution in [0.1, 0.15) is 17.4 Å². The van der Waals surface area contributed by atoms with E-state index >= 15 is 0 Å². The molecule has 0 radical (unpaired) electrons. The fraction of sp³-hybridized carbons (Fsp3) is 0.625. The molecule has 0 atom stereocenters. The van der Waals surface area contributed by atoms with Crippen LogP contribution >= 0.6 is 0 Å². The summed E-state index contributed by atoms with van der Waals surface area (Å²) in [7, 11) is 2.08. The topological polar surface area (TPSA) is 29.9 Å². The third-order valence-electron chi connectivity index (χ3n) is 2.46. The van der Waals surface area contributed by atoms with Gasteiger partial charge in [-0.25, -0.2) is 4.98 Å². The van der Waals surface area contributed by atoms with Gasteiger partial charge in [-0.15, -0.1) is 0 Å². The van der Waals surface area contributed by atoms with Crippen LogP contribution in [0.25, 0.3) is 0 Å². The molecule has 0 unspecified atom stereocenters. The quantitative estimate of drug-likeness (QED) is 0.630. The zero-order chi connectivity index (χ0) is 7.84. The molecule has 11 heavy (non-hydrogen) atoms. The van der Waals surface area contributed by atoms with E-state index in [-0.39, 0.29) is 0 Å². The fourth-order valence-electron chi connectivity index (χ4n) is 1.40. The van der Waals surface area contributed by atoms with Crippen LogP contribution in [0.2, 0.25) is 0 Å². The largest absolute Gasteiger partial charge is 0.335 e. The number of aryl methyl sites for hydroxylation is 1. The number of hydrogen-bond donors (Lipinski definition) is 1. The Hall–Kier alpha value is -0.830. The smallest absolute Gasteiger partial charge is 0.105 e. The molecular weight excluding hydrogens is 138 g/mol. The van der Waals surface area contributed by atoms with E-state index in [1.54, 1.807) is 0 Å². The van der Waals surface area contributed by atoms with Crippen molar-refractivity contribution in [3.63, 3.8) is 0 Å². The van der Waals surface area contributed by atoms with Crippen molar-refractivity contribution in [3.8, 4) is 0 Å². The highest BCUT2D eigenvalue weighted by molar-refractivity contribution is 5.13. The average molecular weight is 151 g/mol. The summed E-state index contributed by atoms with van der Waals surface area (Å²) >= 11 is 0. The van der Waals surface area contributed by atoms with Gasteiger partial charge in [-0.05, 0) is 6.92 Å². The van der Waals surface area contributed by atoms with Crippen LogP contribution in [-0.2, 0) is 7.05 Å². The van der Waals surface area contributed by atoms with E-state index in [9.17, 15) is 0 Å². The summed E-state index contributed by atoms with van der Waals surface area (Å²) in [6, 6.07) is 0. The van der Waals surface area contributed by atoms with Crippen molar-refractivity contribution in [2.75, 3.05) is 13.1 Å². The van der Waals surface area contributed by atoms with E-state index in [4.69, 9.17) is 0 Å². The van der Waals surface area contributed by atoms with Crippen molar-refractivity contribution in [3.05, 3.63) is 17.7 Å². The minimum absolute atomic E-state index is 0.696. The van der Waals surface area contributed by atoms with Gasteiger partial charge in [0.1, 0.15) is 5.82 Å². The Morgan fingerprint density at radius 3 is 2.73 bits per heavy atom. The third kappa shape index (κ3) is 0.959. The van der Waals surface area contributed by atoms with Crippen molar-refractivity contribution in [1.82, 2.24) is 14.9 Å². The van der Waals surface area contributed by atoms with Gasteiger partial charge in [0.15, 0.2) is 0 Å². The van der Waals surface area contributed by atoms with Crippen LogP contribution in [-0.4, -0.2) is 22.6 Å². The third-order valence-corrected chi connectivity index (χ3v) is 2.46. The molecule has 0 bridgehead atoms. The molecule has 1 fully saturated rings. The second-order valence-corrected chi connectivity index (χ2v) is 3.14. The van der Waals surface area contributed by atoms with Crippen LogP contribution in [0.5, 0.6) is 0 Å². The Labute approximate surface area is 66.4 Å². The first-order chi connectivity index (χ1) is 5.29. The van der Waals surface area contributed by atoms with Crippen molar-refractivity contribution in [1.29, 1.82) is 0 Å². The number of aromatic nitrogens is 2. The fourth-order valence-corrected chi connectivity index (χ4v) is 1.40. The van der Waals surface area contributed by atoms with Crippen LogP contribution in [0.15, 0.2) is 6.20 Å². The summed E-state index contributed by atoms with van der Waals surface area (Å²) in [6.45, 7) is 4.26. The Morgan fingerprint density at radius 1 is 1.64 bits per heavy atom. The Bertz CT molecular complexity index is 260. The zero-order valence-electron chi connectivity index (χ0n) is 6.96. The summed E-state index contributed by atoms with van der Waals surface area (Å²) in [5.74, 6) is 1.80. The first-order valence-electron chi connectivity index (χ1n) is 3.98. The van der Waals surface area contributed by atoms with Gasteiger partial charge < -0.3 is 9.88 Å². The lowest BCUT2D eigenvalue weighted by Crippen LogP contribution is -2.40. The molecule has 0 aliphatic carbocycles. The van der Waals surface area contributed by atoms with Gasteiger partial charge >= 0.3 is 0 Å². The minimum Gasteiger partial charge on any atom is -0.335 e. The molecule has 1 aromatic rings. The van der Waals surface area contributed by atoms with Crippen LogP contribution in [0.3, 0.4) is 0 Å². The van der Waals surface area contributed by atoms with Gasteiger partial charge in [0.25, 0.3) is 0 Å². The molecule has 0 saturated carbocycles. The molecule has 0 amide bonds. The Morgan fingerprint density at radius 2 is 2.36 bits per heavy atom. The summed E-state index contributed by atoms with van der Waals surface area (Å²) < 4.78 is 2.17. The molecule has 2 heterocycles. The molecule has 1 aromatic heterocycles. The van der Waals surface area contributed by atoms with Crippen molar-refractivity contribution in [2.45, 2.75) is 12.8 Å². The first-order valence-corrected chi connectivity index (χ1v) is 3.98. The molecule has 2 rings (SSSR count). The lowest BCUT2D eigenvalue weighted by molar-refractivity contribution is 0.430. The summed E-state index contributed by atoms with van der Waals surface area (Å²) in [6.07, 6.45) is 1.99. The molecule has 0 aromatic carbocycles. The molecule has 3 heteroatoms. The molecule has 1 saturated heterocycles. The van der Waals surface area contributed by atoms with E-state index in [0.29, 0.717) is 5.92 Å². The van der Waals surface area contributed by atoms with Crippen molar-refractivity contribution in [2.24, 2.45) is 7.05 Å². The molecule has 1 aliphatic heterocycles. The SMILES string of the molecule is Cc1ncc(C2CNC2)n1C. The highest BCUT2D eigenvalue weighted by Gasteiger charge is 2.21. The first kappa shape index (κ1) is 6.85. The predicted octanol–water partition coefficient (Wildman–Crippen LogP) is 0.415. The molecule has 0 spiro atoms. The lowest BCUT2D eigenvalue weighted by atomic mass is 10.0. The average Bonchev–Trinajstić information content (AvgIpc) is 2.15. The van der Waals surface area contributed by atoms with Crippen LogP contribution in [0.4, 0.5) is 0 Å². The van der Waals surface area contributed by atoms with Crippen molar-refractivity contribution >= 4 is 0 Å². The molecule has 3 nitrogen and oxygen atoms in total. The van der Waals surface area contributed by atoms with E-state index < -0.39 is 0 Å². The van der Waals surface area contributed by atoms with Crippen LogP contribution in [0, 0.1) is 6.92 Å². The van der Waals surface area contributed by atoms with E-state index in [0.717, 1.165) is 18.9 Å². The van der Waals surface area contributed by atoms with Gasteiger partial charge in [-0.2, -0.15) is 0 Å². The lowest BCUT2D eigenvalue weighted by Gasteiger charge is -2.27.